The van der Waals surface area contributed by atoms with Crippen molar-refractivity contribution in [2.24, 2.45) is 0 Å². The summed E-state index contributed by atoms with van der Waals surface area (Å²) in [4.78, 5) is 25.3. The Balaban J connectivity index is 1.78. The van der Waals surface area contributed by atoms with Gasteiger partial charge in [-0.15, -0.1) is 0 Å². The number of sulfonamides is 1. The summed E-state index contributed by atoms with van der Waals surface area (Å²) >= 11 is 0. The molecule has 0 aliphatic heterocycles. The lowest BCUT2D eigenvalue weighted by Gasteiger charge is -2.15. The quantitative estimate of drug-likeness (QED) is 0.552. The topological polar surface area (TPSA) is 89.5 Å². The molecule has 1 aliphatic carbocycles. The van der Waals surface area contributed by atoms with Gasteiger partial charge in [0, 0.05) is 11.6 Å². The number of carbonyl (C=O) groups is 2. The molecule has 3 rings (SSSR count). The molecular weight excluding hydrogens is 390 g/mol. The van der Waals surface area contributed by atoms with Crippen LogP contribution in [0, 0.1) is 20.8 Å². The van der Waals surface area contributed by atoms with Crippen LogP contribution >= 0.6 is 0 Å². The fraction of sp³-hybridized carbons (Fsp3) is 0.364. The van der Waals surface area contributed by atoms with Crippen LogP contribution in [0.15, 0.2) is 41.3 Å². The van der Waals surface area contributed by atoms with Crippen LogP contribution in [0.2, 0.25) is 0 Å². The molecule has 0 aromatic heterocycles. The molecule has 0 heterocycles. The minimum atomic E-state index is -3.69. The van der Waals surface area contributed by atoms with E-state index in [1.807, 2.05) is 19.9 Å². The van der Waals surface area contributed by atoms with Gasteiger partial charge in [0.25, 0.3) is 0 Å². The van der Waals surface area contributed by atoms with Crippen molar-refractivity contribution in [3.8, 4) is 0 Å². The maximum atomic E-state index is 12.7. The summed E-state index contributed by atoms with van der Waals surface area (Å²) in [7, 11) is -3.69. The van der Waals surface area contributed by atoms with Crippen molar-refractivity contribution < 1.29 is 22.7 Å². The van der Waals surface area contributed by atoms with Crippen molar-refractivity contribution in [3.05, 3.63) is 64.2 Å². The molecule has 6 nitrogen and oxygen atoms in total. The van der Waals surface area contributed by atoms with Gasteiger partial charge in [0.2, 0.25) is 15.8 Å². The van der Waals surface area contributed by atoms with Gasteiger partial charge in [-0.2, -0.15) is 0 Å². The number of nitrogens with one attached hydrogen (secondary N) is 1. The standard InChI is InChI=1S/C22H25NO5S/c1-13-5-7-17(11-15(13)3)21(24)16(4)28-22(25)20-12-19(10-6-14(20)2)29(26,27)23-18-8-9-18/h5-7,10-12,16,18,23H,8-9H2,1-4H3. The molecule has 0 radical (unpaired) electrons. The van der Waals surface area contributed by atoms with E-state index in [2.05, 4.69) is 4.72 Å². The van der Waals surface area contributed by atoms with Gasteiger partial charge in [0.15, 0.2) is 6.10 Å². The second kappa shape index (κ2) is 8.08. The van der Waals surface area contributed by atoms with E-state index in [1.54, 1.807) is 25.1 Å². The molecule has 7 heteroatoms. The highest BCUT2D eigenvalue weighted by molar-refractivity contribution is 7.89. The molecule has 2 aromatic rings. The number of hydrogen-bond donors (Lipinski definition) is 1. The van der Waals surface area contributed by atoms with Crippen molar-refractivity contribution in [1.29, 1.82) is 0 Å². The zero-order chi connectivity index (χ0) is 21.3. The molecule has 1 aliphatic rings. The number of ether oxygens (including phenoxy) is 1. The van der Waals surface area contributed by atoms with E-state index in [9.17, 15) is 18.0 Å². The molecule has 29 heavy (non-hydrogen) atoms. The van der Waals surface area contributed by atoms with E-state index < -0.39 is 22.1 Å². The lowest BCUT2D eigenvalue weighted by molar-refractivity contribution is 0.0318. The molecule has 2 aromatic carbocycles. The van der Waals surface area contributed by atoms with Gasteiger partial charge in [0.1, 0.15) is 0 Å². The first kappa shape index (κ1) is 21.2. The SMILES string of the molecule is Cc1ccc(C(=O)C(C)OC(=O)c2cc(S(=O)(=O)NC3CC3)ccc2C)cc1C. The van der Waals surface area contributed by atoms with Gasteiger partial charge < -0.3 is 4.74 Å². The van der Waals surface area contributed by atoms with Crippen LogP contribution in [0.3, 0.4) is 0 Å². The van der Waals surface area contributed by atoms with E-state index in [0.29, 0.717) is 11.1 Å². The zero-order valence-corrected chi connectivity index (χ0v) is 17.8. The highest BCUT2D eigenvalue weighted by Crippen LogP contribution is 2.24. The lowest BCUT2D eigenvalue weighted by Crippen LogP contribution is -2.27. The number of ketones is 1. The Bertz CT molecular complexity index is 1070. The van der Waals surface area contributed by atoms with E-state index in [0.717, 1.165) is 24.0 Å². The molecule has 1 N–H and O–H groups in total. The third-order valence-electron chi connectivity index (χ3n) is 5.08. The minimum absolute atomic E-state index is 0.00934. The Morgan fingerprint density at radius 1 is 1.00 bits per heavy atom. The largest absolute Gasteiger partial charge is 0.451 e. The van der Waals surface area contributed by atoms with Crippen LogP contribution in [-0.2, 0) is 14.8 Å². The second-order valence-electron chi connectivity index (χ2n) is 7.58. The van der Waals surface area contributed by atoms with Crippen LogP contribution in [0.5, 0.6) is 0 Å². The molecule has 0 amide bonds. The molecule has 154 valence electrons. The number of Topliss-reactive ketones (excluding diaryl/α,β-unsaturated/α-hetero) is 1. The normalized spacial score (nSPS) is 15.0. The van der Waals surface area contributed by atoms with Crippen LogP contribution in [0.4, 0.5) is 0 Å². The summed E-state index contributed by atoms with van der Waals surface area (Å²) in [5.41, 5.74) is 3.22. The molecular formula is C22H25NO5S. The van der Waals surface area contributed by atoms with E-state index in [1.165, 1.54) is 19.1 Å². The molecule has 1 saturated carbocycles. The lowest BCUT2D eigenvalue weighted by atomic mass is 10.0. The average Bonchev–Trinajstić information content (AvgIpc) is 3.46. The summed E-state index contributed by atoms with van der Waals surface area (Å²) in [6.07, 6.45) is 0.643. The fourth-order valence-corrected chi connectivity index (χ4v) is 4.21. The Morgan fingerprint density at radius 2 is 1.66 bits per heavy atom. The fourth-order valence-electron chi connectivity index (χ4n) is 2.88. The van der Waals surface area contributed by atoms with Crippen LogP contribution in [0.25, 0.3) is 0 Å². The van der Waals surface area contributed by atoms with Gasteiger partial charge in [-0.3, -0.25) is 4.79 Å². The Hall–Kier alpha value is -2.51. The predicted molar refractivity (Wildman–Crippen MR) is 110 cm³/mol. The number of aryl methyl sites for hydroxylation is 3. The van der Waals surface area contributed by atoms with E-state index in [-0.39, 0.29) is 22.3 Å². The summed E-state index contributed by atoms with van der Waals surface area (Å²) in [6, 6.07) is 9.61. The first-order valence-corrected chi connectivity index (χ1v) is 11.0. The Kier molecular flexibility index (Phi) is 5.91. The van der Waals surface area contributed by atoms with Crippen molar-refractivity contribution >= 4 is 21.8 Å². The third kappa shape index (κ3) is 4.92. The summed E-state index contributed by atoms with van der Waals surface area (Å²) < 4.78 is 32.8. The number of benzene rings is 2. The summed E-state index contributed by atoms with van der Waals surface area (Å²) in [6.45, 7) is 7.07. The number of rotatable bonds is 7. The summed E-state index contributed by atoms with van der Waals surface area (Å²) in [5, 5.41) is 0. The number of carbonyl (C=O) groups excluding carboxylic acids is 2. The van der Waals surface area contributed by atoms with Gasteiger partial charge in [-0.05, 0) is 75.4 Å². The monoisotopic (exact) mass is 415 g/mol. The van der Waals surface area contributed by atoms with Crippen LogP contribution < -0.4 is 4.72 Å². The number of esters is 1. The van der Waals surface area contributed by atoms with Gasteiger partial charge in [-0.25, -0.2) is 17.9 Å². The molecule has 0 saturated heterocycles. The maximum absolute atomic E-state index is 12.7. The maximum Gasteiger partial charge on any atom is 0.339 e. The van der Waals surface area contributed by atoms with E-state index in [4.69, 9.17) is 4.74 Å². The molecule has 1 atom stereocenters. The van der Waals surface area contributed by atoms with Crippen LogP contribution in [-0.4, -0.2) is 32.3 Å². The minimum Gasteiger partial charge on any atom is -0.451 e. The molecule has 1 fully saturated rings. The summed E-state index contributed by atoms with van der Waals surface area (Å²) in [5.74, 6) is -1.03. The molecule has 0 spiro atoms. The molecule has 1 unspecified atom stereocenters. The average molecular weight is 416 g/mol. The van der Waals surface area contributed by atoms with Crippen molar-refractivity contribution in [3.63, 3.8) is 0 Å². The highest BCUT2D eigenvalue weighted by atomic mass is 32.2. The predicted octanol–water partition coefficient (Wildman–Crippen LogP) is 3.48. The number of hydrogen-bond acceptors (Lipinski definition) is 5. The van der Waals surface area contributed by atoms with Crippen molar-refractivity contribution in [2.45, 2.75) is 57.6 Å². The first-order chi connectivity index (χ1) is 13.6. The Morgan fingerprint density at radius 3 is 2.28 bits per heavy atom. The second-order valence-corrected chi connectivity index (χ2v) is 9.30. The third-order valence-corrected chi connectivity index (χ3v) is 6.60. The van der Waals surface area contributed by atoms with E-state index >= 15 is 0 Å². The van der Waals surface area contributed by atoms with Gasteiger partial charge in [-0.1, -0.05) is 18.2 Å². The van der Waals surface area contributed by atoms with Gasteiger partial charge in [0.05, 0.1) is 10.5 Å². The smallest absolute Gasteiger partial charge is 0.339 e. The zero-order valence-electron chi connectivity index (χ0n) is 17.0. The first-order valence-electron chi connectivity index (χ1n) is 9.54. The van der Waals surface area contributed by atoms with Crippen molar-refractivity contribution in [1.82, 2.24) is 4.72 Å². The van der Waals surface area contributed by atoms with Crippen LogP contribution in [0.1, 0.15) is 57.2 Å². The highest BCUT2D eigenvalue weighted by Gasteiger charge is 2.29. The molecule has 0 bridgehead atoms. The van der Waals surface area contributed by atoms with Gasteiger partial charge >= 0.3 is 5.97 Å². The Labute approximate surface area is 171 Å². The van der Waals surface area contributed by atoms with Crippen molar-refractivity contribution in [2.75, 3.05) is 0 Å².